The lowest BCUT2D eigenvalue weighted by molar-refractivity contribution is -0.141. The van der Waals surface area contributed by atoms with E-state index in [1.54, 1.807) is 31.2 Å². The Morgan fingerprint density at radius 1 is 1.02 bits per heavy atom. The summed E-state index contributed by atoms with van der Waals surface area (Å²) in [5, 5.41) is 24.0. The molecule has 1 aromatic heterocycles. The standard InChI is InChI=1S/C33H45N7O8/c1-18(2)13-24-29(43)36-19(3)33(47)40-16-22(41)15-26(40)31(45)34-12-8-11-23(37-32(46)27-20(4)48-17-35-27)28(42)39-25(30(44)38-24)14-21-9-6-5-7-10-21/h5-7,9-10,17-19,22-26,41H,8,11-16H2,1-4H3,(H,34,45)(H,36,43)(H,37,46)(H,38,44)(H,39,42)/t19-,22+,23-,24-,25+,26-/m0/s1. The molecule has 0 unspecified atom stereocenters. The van der Waals surface area contributed by atoms with E-state index >= 15 is 0 Å². The molecule has 2 aromatic rings. The van der Waals surface area contributed by atoms with Crippen molar-refractivity contribution in [2.45, 2.75) is 96.1 Å². The monoisotopic (exact) mass is 667 g/mol. The van der Waals surface area contributed by atoms with Gasteiger partial charge >= 0.3 is 0 Å². The molecule has 48 heavy (non-hydrogen) atoms. The summed E-state index contributed by atoms with van der Waals surface area (Å²) in [7, 11) is 0. The maximum atomic E-state index is 13.9. The van der Waals surface area contributed by atoms with Crippen LogP contribution in [0.2, 0.25) is 0 Å². The fraction of sp³-hybridized carbons (Fsp3) is 0.545. The average molecular weight is 668 g/mol. The lowest BCUT2D eigenvalue weighted by Crippen LogP contribution is -2.59. The van der Waals surface area contributed by atoms with Gasteiger partial charge in [0.1, 0.15) is 36.0 Å². The maximum Gasteiger partial charge on any atom is 0.274 e. The number of rotatable bonds is 6. The first-order valence-corrected chi connectivity index (χ1v) is 16.3. The number of nitrogens with one attached hydrogen (secondary N) is 5. The molecule has 0 bridgehead atoms. The minimum atomic E-state index is -1.14. The van der Waals surface area contributed by atoms with Crippen molar-refractivity contribution < 1.29 is 38.3 Å². The van der Waals surface area contributed by atoms with Crippen LogP contribution in [0.15, 0.2) is 41.1 Å². The van der Waals surface area contributed by atoms with Crippen LogP contribution in [0.5, 0.6) is 0 Å². The fourth-order valence-electron chi connectivity index (χ4n) is 5.89. The molecule has 0 radical (unpaired) electrons. The number of fused-ring (bicyclic) bond motifs is 1. The predicted octanol–water partition coefficient (Wildman–Crippen LogP) is -0.284. The average Bonchev–Trinajstić information content (AvgIpc) is 3.66. The van der Waals surface area contributed by atoms with Crippen LogP contribution < -0.4 is 26.6 Å². The van der Waals surface area contributed by atoms with Crippen LogP contribution in [-0.2, 0) is 30.4 Å². The Bertz CT molecular complexity index is 1480. The van der Waals surface area contributed by atoms with Crippen molar-refractivity contribution in [2.75, 3.05) is 13.1 Å². The first-order chi connectivity index (χ1) is 22.8. The summed E-state index contributed by atoms with van der Waals surface area (Å²) in [5.74, 6) is -3.36. The number of carbonyl (C=O) groups excluding carboxylic acids is 6. The van der Waals surface area contributed by atoms with Gasteiger partial charge in [-0.25, -0.2) is 4.98 Å². The van der Waals surface area contributed by atoms with E-state index in [2.05, 4.69) is 31.6 Å². The molecule has 6 N–H and O–H groups in total. The van der Waals surface area contributed by atoms with Gasteiger partial charge in [0.05, 0.1) is 6.10 Å². The molecule has 2 fully saturated rings. The molecular formula is C33H45N7O8. The van der Waals surface area contributed by atoms with Crippen molar-refractivity contribution in [3.63, 3.8) is 0 Å². The van der Waals surface area contributed by atoms with E-state index < -0.39 is 71.8 Å². The first kappa shape index (κ1) is 36.1. The number of aliphatic hydroxyl groups excluding tert-OH is 1. The van der Waals surface area contributed by atoms with E-state index in [0.717, 1.165) is 12.0 Å². The lowest BCUT2D eigenvalue weighted by Gasteiger charge is -2.29. The Morgan fingerprint density at radius 2 is 1.71 bits per heavy atom. The number of hydrogen-bond donors (Lipinski definition) is 6. The summed E-state index contributed by atoms with van der Waals surface area (Å²) < 4.78 is 5.14. The Balaban J connectivity index is 1.66. The molecule has 0 aliphatic carbocycles. The summed E-state index contributed by atoms with van der Waals surface area (Å²) in [6.07, 6.45) is 0.825. The molecule has 0 saturated carbocycles. The number of benzene rings is 1. The number of amides is 6. The van der Waals surface area contributed by atoms with E-state index in [1.807, 2.05) is 19.9 Å². The normalized spacial score (nSPS) is 26.5. The number of nitrogens with zero attached hydrogens (tertiary/aromatic N) is 2. The van der Waals surface area contributed by atoms with Crippen LogP contribution in [-0.4, -0.2) is 99.8 Å². The third-order valence-corrected chi connectivity index (χ3v) is 8.40. The van der Waals surface area contributed by atoms with Crippen molar-refractivity contribution in [3.8, 4) is 0 Å². The minimum Gasteiger partial charge on any atom is -0.448 e. The zero-order valence-corrected chi connectivity index (χ0v) is 27.7. The number of oxazole rings is 1. The molecule has 1 aromatic carbocycles. The second kappa shape index (κ2) is 16.4. The van der Waals surface area contributed by atoms with Crippen LogP contribution in [0, 0.1) is 12.8 Å². The van der Waals surface area contributed by atoms with E-state index in [9.17, 15) is 33.9 Å². The lowest BCUT2D eigenvalue weighted by atomic mass is 10.00. The SMILES string of the molecule is Cc1ocnc1C(=O)N[C@H]1CCCNC(=O)[C@@H]2C[C@@H](O)CN2C(=O)[C@H](C)NC(=O)[C@H](CC(C)C)NC(=O)[C@@H](Cc2ccccc2)NC1=O. The van der Waals surface area contributed by atoms with Crippen molar-refractivity contribution >= 4 is 35.4 Å². The topological polar surface area (TPSA) is 212 Å². The van der Waals surface area contributed by atoms with E-state index in [1.165, 1.54) is 11.8 Å². The van der Waals surface area contributed by atoms with Crippen LogP contribution in [0.25, 0.3) is 0 Å². The molecule has 2 aliphatic rings. The van der Waals surface area contributed by atoms with Crippen LogP contribution in [0.4, 0.5) is 0 Å². The number of aliphatic hydroxyl groups is 1. The molecule has 6 atom stereocenters. The quantitative estimate of drug-likeness (QED) is 0.239. The summed E-state index contributed by atoms with van der Waals surface area (Å²) >= 11 is 0. The third-order valence-electron chi connectivity index (χ3n) is 8.40. The summed E-state index contributed by atoms with van der Waals surface area (Å²) in [6.45, 7) is 6.80. The highest BCUT2D eigenvalue weighted by Crippen LogP contribution is 2.20. The van der Waals surface area contributed by atoms with Gasteiger partial charge in [-0.15, -0.1) is 0 Å². The van der Waals surface area contributed by atoms with E-state index in [-0.39, 0.29) is 62.6 Å². The first-order valence-electron chi connectivity index (χ1n) is 16.3. The Labute approximate surface area is 279 Å². The summed E-state index contributed by atoms with van der Waals surface area (Å²) in [5.41, 5.74) is 0.739. The fourth-order valence-corrected chi connectivity index (χ4v) is 5.89. The molecule has 260 valence electrons. The number of aryl methyl sites for hydroxylation is 1. The molecule has 6 amide bonds. The second-order valence-electron chi connectivity index (χ2n) is 12.8. The van der Waals surface area contributed by atoms with Crippen molar-refractivity contribution in [2.24, 2.45) is 5.92 Å². The minimum absolute atomic E-state index is 0.00421. The molecule has 15 nitrogen and oxygen atoms in total. The molecule has 4 rings (SSSR count). The van der Waals surface area contributed by atoms with Crippen LogP contribution in [0.3, 0.4) is 0 Å². The van der Waals surface area contributed by atoms with Gasteiger partial charge in [-0.1, -0.05) is 44.2 Å². The van der Waals surface area contributed by atoms with Crippen molar-refractivity contribution in [3.05, 3.63) is 53.7 Å². The van der Waals surface area contributed by atoms with E-state index in [0.29, 0.717) is 0 Å². The van der Waals surface area contributed by atoms with Crippen LogP contribution >= 0.6 is 0 Å². The van der Waals surface area contributed by atoms with Crippen molar-refractivity contribution in [1.29, 1.82) is 0 Å². The molecule has 15 heteroatoms. The van der Waals surface area contributed by atoms with Gasteiger partial charge in [-0.05, 0) is 44.6 Å². The zero-order chi connectivity index (χ0) is 35.0. The maximum absolute atomic E-state index is 13.9. The Morgan fingerprint density at radius 3 is 2.38 bits per heavy atom. The van der Waals surface area contributed by atoms with Gasteiger partial charge in [-0.2, -0.15) is 0 Å². The smallest absolute Gasteiger partial charge is 0.274 e. The zero-order valence-electron chi connectivity index (χ0n) is 27.7. The molecule has 2 saturated heterocycles. The number of hydrogen-bond acceptors (Lipinski definition) is 9. The molecule has 0 spiro atoms. The van der Waals surface area contributed by atoms with Gasteiger partial charge in [-0.3, -0.25) is 28.8 Å². The third kappa shape index (κ3) is 9.40. The predicted molar refractivity (Wildman–Crippen MR) is 172 cm³/mol. The van der Waals surface area contributed by atoms with Gasteiger partial charge in [0.2, 0.25) is 29.5 Å². The summed E-state index contributed by atoms with van der Waals surface area (Å²) in [4.78, 5) is 86.1. The Hall–Kier alpha value is -4.79. The highest BCUT2D eigenvalue weighted by atomic mass is 16.3. The highest BCUT2D eigenvalue weighted by molar-refractivity contribution is 5.99. The molecule has 3 heterocycles. The second-order valence-corrected chi connectivity index (χ2v) is 12.8. The van der Waals surface area contributed by atoms with Gasteiger partial charge in [0.15, 0.2) is 12.1 Å². The van der Waals surface area contributed by atoms with E-state index in [4.69, 9.17) is 4.42 Å². The summed E-state index contributed by atoms with van der Waals surface area (Å²) in [6, 6.07) is 3.65. The molecule has 2 aliphatic heterocycles. The largest absolute Gasteiger partial charge is 0.448 e. The van der Waals surface area contributed by atoms with Gasteiger partial charge in [0.25, 0.3) is 5.91 Å². The molecular weight excluding hydrogens is 622 g/mol. The number of carbonyl (C=O) groups is 6. The van der Waals surface area contributed by atoms with Gasteiger partial charge in [0, 0.05) is 25.9 Å². The highest BCUT2D eigenvalue weighted by Gasteiger charge is 2.41. The number of aromatic nitrogens is 1. The Kier molecular flexibility index (Phi) is 12.3. The van der Waals surface area contributed by atoms with Crippen LogP contribution in [0.1, 0.15) is 68.3 Å². The van der Waals surface area contributed by atoms with Crippen molar-refractivity contribution in [1.82, 2.24) is 36.5 Å². The van der Waals surface area contributed by atoms with Gasteiger partial charge < -0.3 is 41.0 Å².